The Labute approximate surface area is 174 Å². The average Bonchev–Trinajstić information content (AvgIpc) is 2.66. The van der Waals surface area contributed by atoms with Crippen molar-refractivity contribution in [3.8, 4) is 0 Å². The third-order valence-corrected chi connectivity index (χ3v) is 4.07. The Morgan fingerprint density at radius 1 is 1.00 bits per heavy atom. The predicted octanol–water partition coefficient (Wildman–Crippen LogP) is 4.65. The van der Waals surface area contributed by atoms with E-state index in [0.717, 1.165) is 25.9 Å². The van der Waals surface area contributed by atoms with Gasteiger partial charge in [-0.25, -0.2) is 4.79 Å². The lowest BCUT2D eigenvalue weighted by Crippen LogP contribution is -2.32. The zero-order valence-corrected chi connectivity index (χ0v) is 18.1. The maximum Gasteiger partial charge on any atom is 0.411 e. The number of hydrogen-bond acceptors (Lipinski definition) is 4. The SMILES string of the molecule is CCCN(CCC)C(=O)CCCC(=O)Nc1cccc(NC(=O)OCC(C)C)c1. The molecule has 0 fully saturated rings. The molecule has 0 radical (unpaired) electrons. The van der Waals surface area contributed by atoms with E-state index in [0.29, 0.717) is 30.8 Å². The predicted molar refractivity (Wildman–Crippen MR) is 116 cm³/mol. The fourth-order valence-corrected chi connectivity index (χ4v) is 2.75. The summed E-state index contributed by atoms with van der Waals surface area (Å²) >= 11 is 0. The second-order valence-electron chi connectivity index (χ2n) is 7.48. The number of carbonyl (C=O) groups excluding carboxylic acids is 3. The van der Waals surface area contributed by atoms with E-state index in [4.69, 9.17) is 4.74 Å². The summed E-state index contributed by atoms with van der Waals surface area (Å²) in [4.78, 5) is 38.0. The molecule has 0 saturated heterocycles. The highest BCUT2D eigenvalue weighted by Crippen LogP contribution is 2.16. The topological polar surface area (TPSA) is 87.7 Å². The van der Waals surface area contributed by atoms with Gasteiger partial charge in [0, 0.05) is 37.3 Å². The van der Waals surface area contributed by atoms with E-state index in [1.807, 2.05) is 18.7 Å². The molecule has 0 aliphatic rings. The molecular weight excluding hydrogens is 370 g/mol. The first-order valence-corrected chi connectivity index (χ1v) is 10.5. The second kappa shape index (κ2) is 13.6. The van der Waals surface area contributed by atoms with Gasteiger partial charge in [-0.3, -0.25) is 14.9 Å². The van der Waals surface area contributed by atoms with E-state index in [1.165, 1.54) is 0 Å². The number of amides is 3. The van der Waals surface area contributed by atoms with Crippen LogP contribution in [0.3, 0.4) is 0 Å². The smallest absolute Gasteiger partial charge is 0.411 e. The molecule has 0 spiro atoms. The van der Waals surface area contributed by atoms with Crippen molar-refractivity contribution in [2.45, 2.75) is 59.8 Å². The zero-order chi connectivity index (χ0) is 21.6. The van der Waals surface area contributed by atoms with Crippen molar-refractivity contribution in [2.75, 3.05) is 30.3 Å². The summed E-state index contributed by atoms with van der Waals surface area (Å²) < 4.78 is 5.08. The first-order chi connectivity index (χ1) is 13.8. The van der Waals surface area contributed by atoms with Gasteiger partial charge in [0.25, 0.3) is 0 Å². The monoisotopic (exact) mass is 405 g/mol. The number of anilines is 2. The summed E-state index contributed by atoms with van der Waals surface area (Å²) in [6.07, 6.45) is 2.49. The van der Waals surface area contributed by atoms with Crippen LogP contribution in [-0.4, -0.2) is 42.5 Å². The molecule has 7 heteroatoms. The fourth-order valence-electron chi connectivity index (χ4n) is 2.75. The molecule has 7 nitrogen and oxygen atoms in total. The van der Waals surface area contributed by atoms with Crippen LogP contribution in [0.4, 0.5) is 16.2 Å². The lowest BCUT2D eigenvalue weighted by Gasteiger charge is -2.21. The normalized spacial score (nSPS) is 10.5. The highest BCUT2D eigenvalue weighted by atomic mass is 16.5. The van der Waals surface area contributed by atoms with Gasteiger partial charge in [0.05, 0.1) is 6.61 Å². The van der Waals surface area contributed by atoms with Crippen molar-refractivity contribution in [1.29, 1.82) is 0 Å². The molecule has 0 aliphatic heterocycles. The lowest BCUT2D eigenvalue weighted by molar-refractivity contribution is -0.131. The average molecular weight is 406 g/mol. The second-order valence-corrected chi connectivity index (χ2v) is 7.48. The Hall–Kier alpha value is -2.57. The van der Waals surface area contributed by atoms with E-state index in [2.05, 4.69) is 24.5 Å². The van der Waals surface area contributed by atoms with E-state index >= 15 is 0 Å². The quantitative estimate of drug-likeness (QED) is 0.530. The summed E-state index contributed by atoms with van der Waals surface area (Å²) in [6, 6.07) is 6.88. The highest BCUT2D eigenvalue weighted by Gasteiger charge is 2.12. The molecule has 3 amide bonds. The van der Waals surface area contributed by atoms with Gasteiger partial charge in [-0.15, -0.1) is 0 Å². The first kappa shape index (κ1) is 24.5. The summed E-state index contributed by atoms with van der Waals surface area (Å²) in [5.41, 5.74) is 1.13. The molecule has 0 aliphatic carbocycles. The fraction of sp³-hybridized carbons (Fsp3) is 0.591. The van der Waals surface area contributed by atoms with Gasteiger partial charge in [-0.2, -0.15) is 0 Å². The molecule has 0 bridgehead atoms. The van der Waals surface area contributed by atoms with Crippen molar-refractivity contribution in [1.82, 2.24) is 4.90 Å². The molecule has 162 valence electrons. The van der Waals surface area contributed by atoms with Gasteiger partial charge in [0.15, 0.2) is 0 Å². The highest BCUT2D eigenvalue weighted by molar-refractivity contribution is 5.92. The van der Waals surface area contributed by atoms with Crippen LogP contribution in [0.25, 0.3) is 0 Å². The first-order valence-electron chi connectivity index (χ1n) is 10.5. The lowest BCUT2D eigenvalue weighted by atomic mass is 10.2. The van der Waals surface area contributed by atoms with Crippen molar-refractivity contribution in [3.05, 3.63) is 24.3 Å². The van der Waals surface area contributed by atoms with E-state index in [1.54, 1.807) is 24.3 Å². The minimum atomic E-state index is -0.524. The van der Waals surface area contributed by atoms with Crippen LogP contribution in [-0.2, 0) is 14.3 Å². The molecule has 0 heterocycles. The number of nitrogens with zero attached hydrogens (tertiary/aromatic N) is 1. The maximum absolute atomic E-state index is 12.2. The van der Waals surface area contributed by atoms with Gasteiger partial charge >= 0.3 is 6.09 Å². The minimum Gasteiger partial charge on any atom is -0.449 e. The number of carbonyl (C=O) groups is 3. The number of nitrogens with one attached hydrogen (secondary N) is 2. The van der Waals surface area contributed by atoms with Crippen LogP contribution in [0.2, 0.25) is 0 Å². The van der Waals surface area contributed by atoms with Crippen molar-refractivity contribution in [3.63, 3.8) is 0 Å². The molecular formula is C22H35N3O4. The summed E-state index contributed by atoms with van der Waals surface area (Å²) in [7, 11) is 0. The van der Waals surface area contributed by atoms with Gasteiger partial charge in [-0.05, 0) is 43.4 Å². The number of benzene rings is 1. The van der Waals surface area contributed by atoms with Crippen molar-refractivity contribution < 1.29 is 19.1 Å². The van der Waals surface area contributed by atoms with Crippen LogP contribution < -0.4 is 10.6 Å². The molecule has 1 aromatic carbocycles. The molecule has 0 aromatic heterocycles. The largest absolute Gasteiger partial charge is 0.449 e. The van der Waals surface area contributed by atoms with Crippen molar-refractivity contribution >= 4 is 29.3 Å². The van der Waals surface area contributed by atoms with Crippen LogP contribution in [0.15, 0.2) is 24.3 Å². The van der Waals surface area contributed by atoms with E-state index in [-0.39, 0.29) is 24.2 Å². The summed E-state index contributed by atoms with van der Waals surface area (Å²) in [6.45, 7) is 9.89. The van der Waals surface area contributed by atoms with Crippen LogP contribution in [0, 0.1) is 5.92 Å². The minimum absolute atomic E-state index is 0.104. The Morgan fingerprint density at radius 3 is 2.21 bits per heavy atom. The molecule has 0 unspecified atom stereocenters. The molecule has 29 heavy (non-hydrogen) atoms. The number of ether oxygens (including phenoxy) is 1. The van der Waals surface area contributed by atoms with Crippen LogP contribution >= 0.6 is 0 Å². The van der Waals surface area contributed by atoms with Crippen LogP contribution in [0.5, 0.6) is 0 Å². The Morgan fingerprint density at radius 2 is 1.62 bits per heavy atom. The van der Waals surface area contributed by atoms with E-state index < -0.39 is 6.09 Å². The Balaban J connectivity index is 2.44. The molecule has 0 atom stereocenters. The molecule has 0 saturated carbocycles. The van der Waals surface area contributed by atoms with Gasteiger partial charge < -0.3 is 15.0 Å². The van der Waals surface area contributed by atoms with Gasteiger partial charge in [0.1, 0.15) is 0 Å². The van der Waals surface area contributed by atoms with Gasteiger partial charge in [-0.1, -0.05) is 33.8 Å². The third kappa shape index (κ3) is 10.5. The Bertz CT molecular complexity index is 655. The molecule has 1 rings (SSSR count). The molecule has 1 aromatic rings. The van der Waals surface area contributed by atoms with Crippen LogP contribution in [0.1, 0.15) is 59.8 Å². The third-order valence-electron chi connectivity index (χ3n) is 4.07. The number of rotatable bonds is 12. The summed E-state index contributed by atoms with van der Waals surface area (Å²) in [5.74, 6) is 0.205. The summed E-state index contributed by atoms with van der Waals surface area (Å²) in [5, 5.41) is 5.45. The standard InChI is InChI=1S/C22H35N3O4/c1-5-13-25(14-6-2)21(27)12-8-11-20(26)23-18-9-7-10-19(15-18)24-22(28)29-16-17(3)4/h7,9-10,15,17H,5-6,8,11-14,16H2,1-4H3,(H,23,26)(H,24,28). The number of hydrogen-bond donors (Lipinski definition) is 2. The maximum atomic E-state index is 12.2. The zero-order valence-electron chi connectivity index (χ0n) is 18.1. The van der Waals surface area contributed by atoms with E-state index in [9.17, 15) is 14.4 Å². The van der Waals surface area contributed by atoms with Crippen molar-refractivity contribution in [2.24, 2.45) is 5.92 Å². The Kier molecular flexibility index (Phi) is 11.5. The molecule has 2 N–H and O–H groups in total. The van der Waals surface area contributed by atoms with Gasteiger partial charge in [0.2, 0.25) is 11.8 Å².